The fourth-order valence-corrected chi connectivity index (χ4v) is 3.12. The summed E-state index contributed by atoms with van der Waals surface area (Å²) in [7, 11) is 5.48. The van der Waals surface area contributed by atoms with Gasteiger partial charge in [-0.3, -0.25) is 9.36 Å². The van der Waals surface area contributed by atoms with Crippen molar-refractivity contribution in [1.29, 1.82) is 0 Å². The smallest absolute Gasteiger partial charge is 0.275 e. The minimum atomic E-state index is -0.277. The van der Waals surface area contributed by atoms with Crippen LogP contribution in [0.25, 0.3) is 5.69 Å². The molecule has 1 N–H and O–H groups in total. The SMILES string of the molecule is COc1ccc(-n2cnnc2)cc1NC(=O)c1csc(CN(C)C)n1. The minimum absolute atomic E-state index is 0.277. The lowest BCUT2D eigenvalue weighted by Gasteiger charge is -2.11. The lowest BCUT2D eigenvalue weighted by Crippen LogP contribution is -2.14. The molecule has 0 bridgehead atoms. The first-order chi connectivity index (χ1) is 12.1. The van der Waals surface area contributed by atoms with Crippen molar-refractivity contribution < 1.29 is 9.53 Å². The molecule has 0 fully saturated rings. The van der Waals surface area contributed by atoms with Crippen LogP contribution in [0.1, 0.15) is 15.5 Å². The first-order valence-electron chi connectivity index (χ1n) is 7.50. The van der Waals surface area contributed by atoms with Gasteiger partial charge < -0.3 is 15.0 Å². The number of nitrogens with one attached hydrogen (secondary N) is 1. The van der Waals surface area contributed by atoms with E-state index in [1.54, 1.807) is 41.8 Å². The summed E-state index contributed by atoms with van der Waals surface area (Å²) >= 11 is 1.46. The second-order valence-electron chi connectivity index (χ2n) is 5.57. The summed E-state index contributed by atoms with van der Waals surface area (Å²) in [5.74, 6) is 0.286. The molecule has 3 rings (SSSR count). The normalized spacial score (nSPS) is 10.9. The van der Waals surface area contributed by atoms with Gasteiger partial charge in [0, 0.05) is 11.9 Å². The number of nitrogens with zero attached hydrogens (tertiary/aromatic N) is 5. The maximum absolute atomic E-state index is 12.5. The van der Waals surface area contributed by atoms with E-state index in [4.69, 9.17) is 4.74 Å². The highest BCUT2D eigenvalue weighted by Gasteiger charge is 2.14. The van der Waals surface area contributed by atoms with Crippen molar-refractivity contribution >= 4 is 22.9 Å². The fourth-order valence-electron chi connectivity index (χ4n) is 2.23. The monoisotopic (exact) mass is 358 g/mol. The Balaban J connectivity index is 1.82. The Morgan fingerprint density at radius 3 is 2.76 bits per heavy atom. The average Bonchev–Trinajstić information content (AvgIpc) is 3.26. The Kier molecular flexibility index (Phi) is 5.05. The van der Waals surface area contributed by atoms with Gasteiger partial charge in [0.1, 0.15) is 29.1 Å². The van der Waals surface area contributed by atoms with Crippen molar-refractivity contribution in [2.24, 2.45) is 0 Å². The molecular weight excluding hydrogens is 340 g/mol. The van der Waals surface area contributed by atoms with Gasteiger partial charge in [0.15, 0.2) is 0 Å². The maximum Gasteiger partial charge on any atom is 0.275 e. The van der Waals surface area contributed by atoms with Gasteiger partial charge in [-0.25, -0.2) is 4.98 Å². The zero-order valence-corrected chi connectivity index (χ0v) is 14.9. The van der Waals surface area contributed by atoms with E-state index in [1.165, 1.54) is 11.3 Å². The highest BCUT2D eigenvalue weighted by atomic mass is 32.1. The molecule has 130 valence electrons. The molecule has 9 heteroatoms. The Morgan fingerprint density at radius 1 is 1.32 bits per heavy atom. The third kappa shape index (κ3) is 4.01. The maximum atomic E-state index is 12.5. The predicted octanol–water partition coefficient (Wildman–Crippen LogP) is 2.05. The molecule has 1 amide bonds. The lowest BCUT2D eigenvalue weighted by molar-refractivity contribution is 0.102. The number of carbonyl (C=O) groups is 1. The van der Waals surface area contributed by atoms with Crippen LogP contribution in [0.4, 0.5) is 5.69 Å². The molecule has 0 unspecified atom stereocenters. The molecule has 2 aromatic heterocycles. The molecular formula is C16H18N6O2S. The second-order valence-corrected chi connectivity index (χ2v) is 6.51. The first-order valence-corrected chi connectivity index (χ1v) is 8.38. The van der Waals surface area contributed by atoms with Crippen LogP contribution in [0, 0.1) is 0 Å². The highest BCUT2D eigenvalue weighted by molar-refractivity contribution is 7.09. The standard InChI is InChI=1S/C16H18N6O2S/c1-21(2)7-15-19-13(8-25-15)16(23)20-12-6-11(4-5-14(12)24-3)22-9-17-18-10-22/h4-6,8-10H,7H2,1-3H3,(H,20,23). The van der Waals surface area contributed by atoms with Gasteiger partial charge in [-0.1, -0.05) is 0 Å². The molecule has 25 heavy (non-hydrogen) atoms. The number of rotatable bonds is 6. The van der Waals surface area contributed by atoms with Gasteiger partial charge in [0.2, 0.25) is 0 Å². The molecule has 0 aliphatic rings. The van der Waals surface area contributed by atoms with E-state index in [2.05, 4.69) is 20.5 Å². The van der Waals surface area contributed by atoms with Gasteiger partial charge in [-0.15, -0.1) is 21.5 Å². The zero-order valence-electron chi connectivity index (χ0n) is 14.1. The van der Waals surface area contributed by atoms with E-state index in [-0.39, 0.29) is 5.91 Å². The van der Waals surface area contributed by atoms with Gasteiger partial charge in [-0.2, -0.15) is 0 Å². The molecule has 0 saturated carbocycles. The summed E-state index contributed by atoms with van der Waals surface area (Å²) in [6, 6.07) is 5.44. The van der Waals surface area contributed by atoms with E-state index >= 15 is 0 Å². The van der Waals surface area contributed by atoms with Crippen molar-refractivity contribution in [3.63, 3.8) is 0 Å². The van der Waals surface area contributed by atoms with Crippen molar-refractivity contribution in [3.05, 3.63) is 46.9 Å². The summed E-state index contributed by atoms with van der Waals surface area (Å²) in [6.07, 6.45) is 3.17. The molecule has 0 aliphatic heterocycles. The number of anilines is 1. The zero-order chi connectivity index (χ0) is 17.8. The Morgan fingerprint density at radius 2 is 2.08 bits per heavy atom. The largest absolute Gasteiger partial charge is 0.495 e. The predicted molar refractivity (Wildman–Crippen MR) is 95.4 cm³/mol. The second kappa shape index (κ2) is 7.41. The van der Waals surface area contributed by atoms with Crippen molar-refractivity contribution in [2.45, 2.75) is 6.54 Å². The molecule has 1 aromatic carbocycles. The van der Waals surface area contributed by atoms with Crippen LogP contribution in [0.15, 0.2) is 36.2 Å². The number of thiazole rings is 1. The highest BCUT2D eigenvalue weighted by Crippen LogP contribution is 2.27. The number of ether oxygens (including phenoxy) is 1. The number of methoxy groups -OCH3 is 1. The van der Waals surface area contributed by atoms with Gasteiger partial charge in [0.05, 0.1) is 18.5 Å². The fraction of sp³-hybridized carbons (Fsp3) is 0.250. The van der Waals surface area contributed by atoms with Gasteiger partial charge >= 0.3 is 0 Å². The summed E-state index contributed by atoms with van der Waals surface area (Å²) in [4.78, 5) is 18.9. The molecule has 8 nitrogen and oxygen atoms in total. The number of hydrogen-bond acceptors (Lipinski definition) is 7. The molecule has 0 spiro atoms. The number of benzene rings is 1. The first kappa shape index (κ1) is 17.1. The van der Waals surface area contributed by atoms with Gasteiger partial charge in [-0.05, 0) is 32.3 Å². The molecule has 0 radical (unpaired) electrons. The summed E-state index contributed by atoms with van der Waals surface area (Å²) in [5, 5.41) is 13.1. The summed E-state index contributed by atoms with van der Waals surface area (Å²) < 4.78 is 7.08. The van der Waals surface area contributed by atoms with E-state index < -0.39 is 0 Å². The van der Waals surface area contributed by atoms with Crippen LogP contribution < -0.4 is 10.1 Å². The van der Waals surface area contributed by atoms with E-state index in [1.807, 2.05) is 25.1 Å². The number of hydrogen-bond donors (Lipinski definition) is 1. The van der Waals surface area contributed by atoms with Crippen LogP contribution in [-0.4, -0.2) is 51.8 Å². The number of aromatic nitrogens is 4. The Bertz CT molecular complexity index is 859. The topological polar surface area (TPSA) is 85.2 Å². The molecule has 0 saturated heterocycles. The van der Waals surface area contributed by atoms with Crippen LogP contribution in [0.3, 0.4) is 0 Å². The third-order valence-electron chi connectivity index (χ3n) is 3.38. The van der Waals surface area contributed by atoms with Crippen molar-refractivity contribution in [1.82, 2.24) is 24.6 Å². The van der Waals surface area contributed by atoms with E-state index in [9.17, 15) is 4.79 Å². The summed E-state index contributed by atoms with van der Waals surface area (Å²) in [6.45, 7) is 0.699. The Labute approximate surface area is 149 Å². The minimum Gasteiger partial charge on any atom is -0.495 e. The van der Waals surface area contributed by atoms with Crippen LogP contribution in [0.2, 0.25) is 0 Å². The molecule has 0 atom stereocenters. The molecule has 0 aliphatic carbocycles. The van der Waals surface area contributed by atoms with Crippen LogP contribution in [-0.2, 0) is 6.54 Å². The van der Waals surface area contributed by atoms with Gasteiger partial charge in [0.25, 0.3) is 5.91 Å². The van der Waals surface area contributed by atoms with Crippen LogP contribution >= 0.6 is 11.3 Å². The van der Waals surface area contributed by atoms with E-state index in [0.29, 0.717) is 23.7 Å². The number of carbonyl (C=O) groups excluding carboxylic acids is 1. The average molecular weight is 358 g/mol. The Hall–Kier alpha value is -2.78. The quantitative estimate of drug-likeness (QED) is 0.726. The van der Waals surface area contributed by atoms with Crippen molar-refractivity contribution in [3.8, 4) is 11.4 Å². The third-order valence-corrected chi connectivity index (χ3v) is 4.22. The summed E-state index contributed by atoms with van der Waals surface area (Å²) in [5.41, 5.74) is 1.76. The van der Waals surface area contributed by atoms with E-state index in [0.717, 1.165) is 10.7 Å². The van der Waals surface area contributed by atoms with Crippen LogP contribution in [0.5, 0.6) is 5.75 Å². The number of amides is 1. The molecule has 2 heterocycles. The van der Waals surface area contributed by atoms with Crippen molar-refractivity contribution in [2.75, 3.05) is 26.5 Å². The molecule has 3 aromatic rings. The lowest BCUT2D eigenvalue weighted by atomic mass is 10.2.